The summed E-state index contributed by atoms with van der Waals surface area (Å²) < 4.78 is 0. The number of nitro groups is 2. The van der Waals surface area contributed by atoms with E-state index in [0.29, 0.717) is 0 Å². The molecule has 0 unspecified atom stereocenters. The highest BCUT2D eigenvalue weighted by Gasteiger charge is 2.14. The molecular formula is C18H14N2O4S. The number of rotatable bonds is 4. The standard InChI is InChI=1S/C18H14N2O4S/c1-11-9-13(19(21)22)3-5-15(11)17-7-8-18(25-17)16-6-4-14(20(23)24)10-12(16)2/h3-10H,1-2H3. The summed E-state index contributed by atoms with van der Waals surface area (Å²) >= 11 is 1.56. The van der Waals surface area contributed by atoms with E-state index in [9.17, 15) is 20.2 Å². The van der Waals surface area contributed by atoms with Crippen LogP contribution in [0.3, 0.4) is 0 Å². The van der Waals surface area contributed by atoms with Crippen LogP contribution in [0.15, 0.2) is 48.5 Å². The Morgan fingerprint density at radius 3 is 1.44 bits per heavy atom. The van der Waals surface area contributed by atoms with Gasteiger partial charge in [0.25, 0.3) is 11.4 Å². The summed E-state index contributed by atoms with van der Waals surface area (Å²) in [6, 6.07) is 13.6. The molecule has 126 valence electrons. The van der Waals surface area contributed by atoms with Crippen LogP contribution in [0.5, 0.6) is 0 Å². The first kappa shape index (κ1) is 16.8. The molecule has 1 aromatic heterocycles. The van der Waals surface area contributed by atoms with Crippen LogP contribution in [0.4, 0.5) is 11.4 Å². The van der Waals surface area contributed by atoms with E-state index in [-0.39, 0.29) is 11.4 Å². The third-order valence-corrected chi connectivity index (χ3v) is 5.13. The van der Waals surface area contributed by atoms with Crippen LogP contribution >= 0.6 is 11.3 Å². The second-order valence-electron chi connectivity index (χ2n) is 5.68. The Kier molecular flexibility index (Phi) is 4.33. The molecule has 1 heterocycles. The van der Waals surface area contributed by atoms with Crippen molar-refractivity contribution < 1.29 is 9.85 Å². The Balaban J connectivity index is 1.98. The maximum atomic E-state index is 10.9. The minimum atomic E-state index is -0.406. The molecule has 0 saturated heterocycles. The molecule has 0 spiro atoms. The number of non-ortho nitro benzene ring substituents is 2. The van der Waals surface area contributed by atoms with Gasteiger partial charge in [0.2, 0.25) is 0 Å². The number of hydrogen-bond donors (Lipinski definition) is 0. The second kappa shape index (κ2) is 6.45. The molecule has 0 aliphatic heterocycles. The zero-order valence-electron chi connectivity index (χ0n) is 13.6. The van der Waals surface area contributed by atoms with Gasteiger partial charge in [-0.15, -0.1) is 11.3 Å². The van der Waals surface area contributed by atoms with Crippen LogP contribution in [-0.4, -0.2) is 9.85 Å². The Morgan fingerprint density at radius 2 is 1.12 bits per heavy atom. The van der Waals surface area contributed by atoms with Gasteiger partial charge >= 0.3 is 0 Å². The summed E-state index contributed by atoms with van der Waals surface area (Å²) in [6.07, 6.45) is 0. The van der Waals surface area contributed by atoms with Crippen LogP contribution < -0.4 is 0 Å². The quantitative estimate of drug-likeness (QED) is 0.456. The summed E-state index contributed by atoms with van der Waals surface area (Å²) in [5.74, 6) is 0. The first-order chi connectivity index (χ1) is 11.9. The molecule has 0 aliphatic carbocycles. The lowest BCUT2D eigenvalue weighted by molar-refractivity contribution is -0.385. The first-order valence-corrected chi connectivity index (χ1v) is 8.29. The van der Waals surface area contributed by atoms with Crippen LogP contribution in [0, 0.1) is 34.1 Å². The van der Waals surface area contributed by atoms with Gasteiger partial charge in [0.15, 0.2) is 0 Å². The number of nitrogens with zero attached hydrogens (tertiary/aromatic N) is 2. The fraction of sp³-hybridized carbons (Fsp3) is 0.111. The predicted octanol–water partition coefficient (Wildman–Crippen LogP) is 5.52. The Hall–Kier alpha value is -3.06. The predicted molar refractivity (Wildman–Crippen MR) is 98.0 cm³/mol. The SMILES string of the molecule is Cc1cc([N+](=O)[O-])ccc1-c1ccc(-c2ccc([N+](=O)[O-])cc2C)s1. The molecule has 0 bridgehead atoms. The van der Waals surface area contributed by atoms with Crippen molar-refractivity contribution in [2.45, 2.75) is 13.8 Å². The molecular weight excluding hydrogens is 340 g/mol. The number of thiophene rings is 1. The molecule has 0 fully saturated rings. The second-order valence-corrected chi connectivity index (χ2v) is 6.76. The van der Waals surface area contributed by atoms with Crippen molar-refractivity contribution in [3.05, 3.63) is 79.9 Å². The largest absolute Gasteiger partial charge is 0.269 e. The molecule has 0 radical (unpaired) electrons. The Labute approximate surface area is 147 Å². The van der Waals surface area contributed by atoms with Gasteiger partial charge in [-0.25, -0.2) is 0 Å². The number of benzene rings is 2. The van der Waals surface area contributed by atoms with E-state index in [1.165, 1.54) is 12.1 Å². The van der Waals surface area contributed by atoms with Gasteiger partial charge in [0, 0.05) is 34.0 Å². The highest BCUT2D eigenvalue weighted by Crippen LogP contribution is 2.38. The zero-order chi connectivity index (χ0) is 18.1. The third kappa shape index (κ3) is 3.27. The molecule has 3 rings (SSSR count). The fourth-order valence-electron chi connectivity index (χ4n) is 2.70. The van der Waals surface area contributed by atoms with E-state index < -0.39 is 9.85 Å². The monoisotopic (exact) mass is 354 g/mol. The summed E-state index contributed by atoms with van der Waals surface area (Å²) in [4.78, 5) is 22.9. The van der Waals surface area contributed by atoms with Crippen molar-refractivity contribution >= 4 is 22.7 Å². The van der Waals surface area contributed by atoms with Crippen LogP contribution in [0.2, 0.25) is 0 Å². The molecule has 0 aliphatic rings. The molecule has 7 heteroatoms. The van der Waals surface area contributed by atoms with Crippen LogP contribution in [0.1, 0.15) is 11.1 Å². The fourth-order valence-corrected chi connectivity index (χ4v) is 3.89. The van der Waals surface area contributed by atoms with Gasteiger partial charge in [-0.2, -0.15) is 0 Å². The van der Waals surface area contributed by atoms with E-state index in [4.69, 9.17) is 0 Å². The van der Waals surface area contributed by atoms with Crippen molar-refractivity contribution in [3.8, 4) is 20.9 Å². The van der Waals surface area contributed by atoms with E-state index in [2.05, 4.69) is 0 Å². The third-order valence-electron chi connectivity index (χ3n) is 3.98. The first-order valence-electron chi connectivity index (χ1n) is 7.47. The number of aryl methyl sites for hydroxylation is 2. The molecule has 25 heavy (non-hydrogen) atoms. The number of hydrogen-bond acceptors (Lipinski definition) is 5. The highest BCUT2D eigenvalue weighted by atomic mass is 32.1. The van der Waals surface area contributed by atoms with Crippen LogP contribution in [0.25, 0.3) is 20.9 Å². The maximum absolute atomic E-state index is 10.9. The average Bonchev–Trinajstić information content (AvgIpc) is 3.03. The summed E-state index contributed by atoms with van der Waals surface area (Å²) in [5.41, 5.74) is 3.71. The molecule has 6 nitrogen and oxygen atoms in total. The van der Waals surface area contributed by atoms with E-state index >= 15 is 0 Å². The summed E-state index contributed by atoms with van der Waals surface area (Å²) in [6.45, 7) is 3.69. The van der Waals surface area contributed by atoms with E-state index in [0.717, 1.165) is 32.0 Å². The van der Waals surface area contributed by atoms with Crippen molar-refractivity contribution in [1.82, 2.24) is 0 Å². The van der Waals surface area contributed by atoms with Gasteiger partial charge in [-0.05, 0) is 60.4 Å². The van der Waals surface area contributed by atoms with Gasteiger partial charge in [-0.1, -0.05) is 0 Å². The lowest BCUT2D eigenvalue weighted by Crippen LogP contribution is -1.89. The Bertz CT molecular complexity index is 916. The van der Waals surface area contributed by atoms with Gasteiger partial charge in [-0.3, -0.25) is 20.2 Å². The molecule has 0 N–H and O–H groups in total. The lowest BCUT2D eigenvalue weighted by atomic mass is 10.1. The average molecular weight is 354 g/mol. The topological polar surface area (TPSA) is 86.3 Å². The summed E-state index contributed by atoms with van der Waals surface area (Å²) in [5, 5.41) is 21.7. The molecule has 0 amide bonds. The van der Waals surface area contributed by atoms with E-state index in [1.54, 1.807) is 35.6 Å². The van der Waals surface area contributed by atoms with Gasteiger partial charge in [0.1, 0.15) is 0 Å². The smallest absolute Gasteiger partial charge is 0.258 e. The van der Waals surface area contributed by atoms with Gasteiger partial charge in [0.05, 0.1) is 9.85 Å². The lowest BCUT2D eigenvalue weighted by Gasteiger charge is -2.04. The zero-order valence-corrected chi connectivity index (χ0v) is 14.4. The molecule has 0 saturated carbocycles. The summed E-state index contributed by atoms with van der Waals surface area (Å²) in [7, 11) is 0. The highest BCUT2D eigenvalue weighted by molar-refractivity contribution is 7.18. The van der Waals surface area contributed by atoms with E-state index in [1.807, 2.05) is 26.0 Å². The molecule has 0 atom stereocenters. The number of nitro benzene ring substituents is 2. The minimum absolute atomic E-state index is 0.0734. The van der Waals surface area contributed by atoms with Crippen molar-refractivity contribution in [3.63, 3.8) is 0 Å². The van der Waals surface area contributed by atoms with Crippen LogP contribution in [-0.2, 0) is 0 Å². The van der Waals surface area contributed by atoms with Crippen molar-refractivity contribution in [2.24, 2.45) is 0 Å². The van der Waals surface area contributed by atoms with Crippen molar-refractivity contribution in [2.75, 3.05) is 0 Å². The van der Waals surface area contributed by atoms with Gasteiger partial charge < -0.3 is 0 Å². The maximum Gasteiger partial charge on any atom is 0.269 e. The minimum Gasteiger partial charge on any atom is -0.258 e. The normalized spacial score (nSPS) is 10.6. The molecule has 2 aromatic carbocycles. The van der Waals surface area contributed by atoms with Crippen molar-refractivity contribution in [1.29, 1.82) is 0 Å². The molecule has 3 aromatic rings. The Morgan fingerprint density at radius 1 is 0.720 bits per heavy atom.